The first-order valence-corrected chi connectivity index (χ1v) is 8.30. The first-order valence-electron chi connectivity index (χ1n) is 6.44. The number of benzene rings is 1. The SMILES string of the molecule is O=S(=O)(Nc1cccc(C(F)F)c1)c1onc(C2CC2)c1Cl. The minimum atomic E-state index is -4.13. The Bertz CT molecular complexity index is 803. The quantitative estimate of drug-likeness (QED) is 0.888. The molecular formula is C13H11ClF2N2O3S. The molecule has 0 aliphatic heterocycles. The van der Waals surface area contributed by atoms with Crippen LogP contribution in [0.3, 0.4) is 0 Å². The van der Waals surface area contributed by atoms with E-state index < -0.39 is 21.5 Å². The second-order valence-corrected chi connectivity index (χ2v) is 6.93. The Hall–Kier alpha value is -1.67. The summed E-state index contributed by atoms with van der Waals surface area (Å²) in [6.45, 7) is 0. The lowest BCUT2D eigenvalue weighted by atomic mass is 10.2. The highest BCUT2D eigenvalue weighted by molar-refractivity contribution is 7.92. The van der Waals surface area contributed by atoms with Crippen molar-refractivity contribution >= 4 is 27.3 Å². The van der Waals surface area contributed by atoms with Crippen LogP contribution < -0.4 is 4.72 Å². The van der Waals surface area contributed by atoms with Gasteiger partial charge in [-0.3, -0.25) is 4.72 Å². The van der Waals surface area contributed by atoms with Crippen molar-refractivity contribution in [1.29, 1.82) is 0 Å². The fourth-order valence-electron chi connectivity index (χ4n) is 1.99. The number of halogens is 3. The van der Waals surface area contributed by atoms with Crippen molar-refractivity contribution in [3.05, 3.63) is 40.5 Å². The van der Waals surface area contributed by atoms with Gasteiger partial charge in [0.15, 0.2) is 0 Å². The summed E-state index contributed by atoms with van der Waals surface area (Å²) >= 11 is 6.00. The predicted molar refractivity (Wildman–Crippen MR) is 75.7 cm³/mol. The number of hydrogen-bond acceptors (Lipinski definition) is 4. The van der Waals surface area contributed by atoms with Crippen molar-refractivity contribution in [2.45, 2.75) is 30.3 Å². The number of anilines is 1. The van der Waals surface area contributed by atoms with E-state index in [2.05, 4.69) is 9.88 Å². The number of aromatic nitrogens is 1. The minimum absolute atomic E-state index is 0.00163. The monoisotopic (exact) mass is 348 g/mol. The van der Waals surface area contributed by atoms with E-state index in [4.69, 9.17) is 16.1 Å². The summed E-state index contributed by atoms with van der Waals surface area (Å²) in [6, 6.07) is 4.94. The number of alkyl halides is 2. The highest BCUT2D eigenvalue weighted by Gasteiger charge is 2.35. The molecule has 1 aliphatic rings. The van der Waals surface area contributed by atoms with Gasteiger partial charge < -0.3 is 4.52 Å². The van der Waals surface area contributed by atoms with Gasteiger partial charge in [0.25, 0.3) is 21.5 Å². The van der Waals surface area contributed by atoms with Crippen LogP contribution in [0.25, 0.3) is 0 Å². The molecule has 1 N–H and O–H groups in total. The van der Waals surface area contributed by atoms with Crippen LogP contribution in [-0.2, 0) is 10.0 Å². The molecule has 3 rings (SSSR count). The molecule has 1 saturated carbocycles. The van der Waals surface area contributed by atoms with Gasteiger partial charge >= 0.3 is 0 Å². The molecule has 0 unspecified atom stereocenters. The molecule has 0 saturated heterocycles. The molecule has 0 spiro atoms. The van der Waals surface area contributed by atoms with Crippen LogP contribution in [0, 0.1) is 0 Å². The number of nitrogens with one attached hydrogen (secondary N) is 1. The lowest BCUT2D eigenvalue weighted by Crippen LogP contribution is -2.12. The molecule has 5 nitrogen and oxygen atoms in total. The molecule has 1 heterocycles. The van der Waals surface area contributed by atoms with Crippen LogP contribution in [0.1, 0.15) is 36.4 Å². The summed E-state index contributed by atoms with van der Waals surface area (Å²) < 4.78 is 56.8. The average Bonchev–Trinajstić information content (AvgIpc) is 3.21. The van der Waals surface area contributed by atoms with E-state index in [1.807, 2.05) is 0 Å². The normalized spacial score (nSPS) is 15.3. The topological polar surface area (TPSA) is 72.2 Å². The Morgan fingerprint density at radius 1 is 1.36 bits per heavy atom. The van der Waals surface area contributed by atoms with E-state index in [9.17, 15) is 17.2 Å². The number of hydrogen-bond donors (Lipinski definition) is 1. The predicted octanol–water partition coefficient (Wildman–Crippen LogP) is 3.94. The molecule has 1 aliphatic carbocycles. The van der Waals surface area contributed by atoms with Crippen molar-refractivity contribution < 1.29 is 21.7 Å². The fraction of sp³-hybridized carbons (Fsp3) is 0.308. The second-order valence-electron chi connectivity index (χ2n) is 4.98. The van der Waals surface area contributed by atoms with Gasteiger partial charge in [-0.05, 0) is 25.0 Å². The first kappa shape index (κ1) is 15.2. The molecule has 22 heavy (non-hydrogen) atoms. The van der Waals surface area contributed by atoms with Crippen molar-refractivity contribution in [2.24, 2.45) is 0 Å². The van der Waals surface area contributed by atoms with Crippen LogP contribution >= 0.6 is 11.6 Å². The molecule has 1 fully saturated rings. The van der Waals surface area contributed by atoms with Crippen LogP contribution in [0.2, 0.25) is 5.02 Å². The van der Waals surface area contributed by atoms with Gasteiger partial charge in [-0.2, -0.15) is 8.42 Å². The fourth-order valence-corrected chi connectivity index (χ4v) is 3.53. The molecular weight excluding hydrogens is 338 g/mol. The van der Waals surface area contributed by atoms with Gasteiger partial charge in [0.05, 0.1) is 0 Å². The second kappa shape index (κ2) is 5.51. The van der Waals surface area contributed by atoms with E-state index >= 15 is 0 Å². The highest BCUT2D eigenvalue weighted by atomic mass is 35.5. The third kappa shape index (κ3) is 2.93. The summed E-state index contributed by atoms with van der Waals surface area (Å²) in [6.07, 6.45) is -0.926. The molecule has 1 aromatic heterocycles. The largest absolute Gasteiger partial charge is 0.341 e. The molecule has 0 radical (unpaired) electrons. The Morgan fingerprint density at radius 2 is 2.09 bits per heavy atom. The summed E-state index contributed by atoms with van der Waals surface area (Å²) in [4.78, 5) is 0. The van der Waals surface area contributed by atoms with Crippen molar-refractivity contribution in [2.75, 3.05) is 4.72 Å². The summed E-state index contributed by atoms with van der Waals surface area (Å²) in [5.74, 6) is 0.127. The maximum absolute atomic E-state index is 12.6. The third-order valence-electron chi connectivity index (χ3n) is 3.23. The Morgan fingerprint density at radius 3 is 2.73 bits per heavy atom. The van der Waals surface area contributed by atoms with Gasteiger partial charge in [0.2, 0.25) is 0 Å². The van der Waals surface area contributed by atoms with Crippen LogP contribution in [0.5, 0.6) is 0 Å². The molecule has 0 bridgehead atoms. The van der Waals surface area contributed by atoms with Crippen molar-refractivity contribution in [3.63, 3.8) is 0 Å². The van der Waals surface area contributed by atoms with E-state index in [1.165, 1.54) is 18.2 Å². The number of sulfonamides is 1. The number of nitrogens with zero attached hydrogens (tertiary/aromatic N) is 1. The highest BCUT2D eigenvalue weighted by Crippen LogP contribution is 2.44. The first-order chi connectivity index (χ1) is 10.4. The van der Waals surface area contributed by atoms with Crippen LogP contribution in [0.4, 0.5) is 14.5 Å². The minimum Gasteiger partial charge on any atom is -0.341 e. The molecule has 9 heteroatoms. The Labute approximate surface area is 130 Å². The van der Waals surface area contributed by atoms with Gasteiger partial charge in [0.1, 0.15) is 10.7 Å². The molecule has 0 atom stereocenters. The Balaban J connectivity index is 1.89. The lowest BCUT2D eigenvalue weighted by Gasteiger charge is -2.07. The van der Waals surface area contributed by atoms with Crippen molar-refractivity contribution in [3.8, 4) is 0 Å². The summed E-state index contributed by atoms with van der Waals surface area (Å²) in [5, 5.41) is 3.13. The molecule has 1 aromatic carbocycles. The van der Waals surface area contributed by atoms with E-state index in [0.717, 1.165) is 18.9 Å². The lowest BCUT2D eigenvalue weighted by molar-refractivity contribution is 0.151. The Kier molecular flexibility index (Phi) is 3.82. The molecule has 0 amide bonds. The maximum Gasteiger partial charge on any atom is 0.299 e. The van der Waals surface area contributed by atoms with Gasteiger partial charge in [-0.25, -0.2) is 8.78 Å². The van der Waals surface area contributed by atoms with Crippen LogP contribution in [-0.4, -0.2) is 13.6 Å². The third-order valence-corrected chi connectivity index (χ3v) is 4.98. The van der Waals surface area contributed by atoms with E-state index in [-0.39, 0.29) is 22.2 Å². The molecule has 118 valence electrons. The van der Waals surface area contributed by atoms with Gasteiger partial charge in [0, 0.05) is 17.2 Å². The summed E-state index contributed by atoms with van der Waals surface area (Å²) in [7, 11) is -4.13. The maximum atomic E-state index is 12.6. The average molecular weight is 349 g/mol. The van der Waals surface area contributed by atoms with Gasteiger partial charge in [-0.15, -0.1) is 0 Å². The van der Waals surface area contributed by atoms with Crippen molar-refractivity contribution in [1.82, 2.24) is 5.16 Å². The van der Waals surface area contributed by atoms with E-state index in [0.29, 0.717) is 5.69 Å². The summed E-state index contributed by atoms with van der Waals surface area (Å²) in [5.41, 5.74) is 0.129. The zero-order valence-corrected chi connectivity index (χ0v) is 12.7. The molecule has 2 aromatic rings. The standard InChI is InChI=1S/C13H11ClF2N2O3S/c14-10-11(7-4-5-7)17-21-13(10)22(19,20)18-9-3-1-2-8(6-9)12(15)16/h1-3,6-7,12,18H,4-5H2. The number of rotatable bonds is 5. The smallest absolute Gasteiger partial charge is 0.299 e. The van der Waals surface area contributed by atoms with Crippen LogP contribution in [0.15, 0.2) is 33.9 Å². The van der Waals surface area contributed by atoms with Gasteiger partial charge in [-0.1, -0.05) is 28.9 Å². The zero-order valence-electron chi connectivity index (χ0n) is 11.1. The van der Waals surface area contributed by atoms with E-state index in [1.54, 1.807) is 0 Å². The zero-order chi connectivity index (χ0) is 15.9.